The van der Waals surface area contributed by atoms with Crippen molar-refractivity contribution in [2.24, 2.45) is 0 Å². The first-order chi connectivity index (χ1) is 10.9. The van der Waals surface area contributed by atoms with Crippen LogP contribution in [0.2, 0.25) is 0 Å². The van der Waals surface area contributed by atoms with Crippen LogP contribution in [0, 0.1) is 6.92 Å². The molecule has 2 atom stereocenters. The number of amides is 2. The second kappa shape index (κ2) is 5.91. The molecule has 2 aliphatic rings. The van der Waals surface area contributed by atoms with Gasteiger partial charge < -0.3 is 9.80 Å². The molecule has 0 spiro atoms. The lowest BCUT2D eigenvalue weighted by Gasteiger charge is -2.56. The SMILES string of the molecule is CC(=O)N1CCC[C@@]2(C)[C@H]1CCCN2C(=O)c1cnc(C)cn1. The fraction of sp³-hybridized carbons (Fsp3) is 0.647. The zero-order valence-corrected chi connectivity index (χ0v) is 14.1. The minimum Gasteiger partial charge on any atom is -0.338 e. The molecule has 0 unspecified atom stereocenters. The third-order valence-corrected chi connectivity index (χ3v) is 5.30. The molecule has 0 aromatic carbocycles. The summed E-state index contributed by atoms with van der Waals surface area (Å²) in [5, 5.41) is 0. The van der Waals surface area contributed by atoms with Gasteiger partial charge in [-0.1, -0.05) is 0 Å². The zero-order valence-electron chi connectivity index (χ0n) is 14.1. The van der Waals surface area contributed by atoms with E-state index in [4.69, 9.17) is 0 Å². The Hall–Kier alpha value is -1.98. The smallest absolute Gasteiger partial charge is 0.274 e. The normalized spacial score (nSPS) is 27.5. The summed E-state index contributed by atoms with van der Waals surface area (Å²) in [7, 11) is 0. The van der Waals surface area contributed by atoms with Gasteiger partial charge in [-0.25, -0.2) is 4.98 Å². The molecule has 1 aromatic rings. The summed E-state index contributed by atoms with van der Waals surface area (Å²) < 4.78 is 0. The van der Waals surface area contributed by atoms with Gasteiger partial charge in [0.05, 0.1) is 23.5 Å². The number of aromatic nitrogens is 2. The van der Waals surface area contributed by atoms with Crippen molar-refractivity contribution in [2.45, 2.75) is 58.0 Å². The molecule has 2 fully saturated rings. The molecule has 2 amide bonds. The van der Waals surface area contributed by atoms with Gasteiger partial charge in [0, 0.05) is 26.2 Å². The van der Waals surface area contributed by atoms with Gasteiger partial charge in [0.2, 0.25) is 5.91 Å². The summed E-state index contributed by atoms with van der Waals surface area (Å²) in [6.45, 7) is 7.10. The molecule has 3 rings (SSSR count). The minimum atomic E-state index is -0.314. The molecule has 3 heterocycles. The Kier molecular flexibility index (Phi) is 4.08. The van der Waals surface area contributed by atoms with Crippen LogP contribution < -0.4 is 0 Å². The first-order valence-corrected chi connectivity index (χ1v) is 8.31. The fourth-order valence-corrected chi connectivity index (χ4v) is 4.10. The van der Waals surface area contributed by atoms with E-state index in [-0.39, 0.29) is 23.4 Å². The lowest BCUT2D eigenvalue weighted by atomic mass is 9.76. The van der Waals surface area contributed by atoms with Crippen molar-refractivity contribution in [1.29, 1.82) is 0 Å². The van der Waals surface area contributed by atoms with E-state index in [0.29, 0.717) is 12.2 Å². The van der Waals surface area contributed by atoms with Gasteiger partial charge in [0.1, 0.15) is 5.69 Å². The maximum absolute atomic E-state index is 13.0. The number of carbonyl (C=O) groups is 2. The quantitative estimate of drug-likeness (QED) is 0.792. The third kappa shape index (κ3) is 2.71. The van der Waals surface area contributed by atoms with Crippen molar-refractivity contribution in [1.82, 2.24) is 19.8 Å². The Morgan fingerprint density at radius 3 is 2.65 bits per heavy atom. The van der Waals surface area contributed by atoms with E-state index in [1.807, 2.05) is 16.7 Å². The number of rotatable bonds is 1. The predicted molar refractivity (Wildman–Crippen MR) is 85.9 cm³/mol. The largest absolute Gasteiger partial charge is 0.338 e. The number of hydrogen-bond donors (Lipinski definition) is 0. The number of hydrogen-bond acceptors (Lipinski definition) is 4. The molecule has 2 saturated heterocycles. The van der Waals surface area contributed by atoms with Crippen LogP contribution in [-0.4, -0.2) is 56.3 Å². The first-order valence-electron chi connectivity index (χ1n) is 8.31. The van der Waals surface area contributed by atoms with E-state index in [1.165, 1.54) is 0 Å². The van der Waals surface area contributed by atoms with Gasteiger partial charge in [0.15, 0.2) is 0 Å². The van der Waals surface area contributed by atoms with Crippen LogP contribution in [0.5, 0.6) is 0 Å². The minimum absolute atomic E-state index is 0.0740. The van der Waals surface area contributed by atoms with Gasteiger partial charge in [-0.3, -0.25) is 14.6 Å². The molecule has 0 radical (unpaired) electrons. The average Bonchev–Trinajstić information content (AvgIpc) is 2.53. The highest BCUT2D eigenvalue weighted by Crippen LogP contribution is 2.39. The van der Waals surface area contributed by atoms with Crippen LogP contribution >= 0.6 is 0 Å². The number of piperidine rings is 2. The van der Waals surface area contributed by atoms with E-state index in [9.17, 15) is 9.59 Å². The molecular weight excluding hydrogens is 292 g/mol. The predicted octanol–water partition coefficient (Wildman–Crippen LogP) is 1.79. The fourth-order valence-electron chi connectivity index (χ4n) is 4.10. The Bertz CT molecular complexity index is 616. The molecule has 1 aromatic heterocycles. The van der Waals surface area contributed by atoms with Crippen molar-refractivity contribution in [3.63, 3.8) is 0 Å². The molecule has 124 valence electrons. The standard InChI is InChI=1S/C17H24N4O2/c1-12-10-19-14(11-18-12)16(23)21-9-4-6-15-17(21,3)7-5-8-20(15)13(2)22/h10-11,15H,4-9H2,1-3H3/t15-,17+/m1/s1. The van der Waals surface area contributed by atoms with Gasteiger partial charge in [-0.05, 0) is 39.5 Å². The van der Waals surface area contributed by atoms with E-state index in [0.717, 1.165) is 37.9 Å². The van der Waals surface area contributed by atoms with Crippen molar-refractivity contribution in [3.8, 4) is 0 Å². The van der Waals surface area contributed by atoms with Crippen molar-refractivity contribution in [3.05, 3.63) is 23.8 Å². The van der Waals surface area contributed by atoms with Crippen molar-refractivity contribution >= 4 is 11.8 Å². The monoisotopic (exact) mass is 316 g/mol. The number of fused-ring (bicyclic) bond motifs is 1. The summed E-state index contributed by atoms with van der Waals surface area (Å²) in [6.07, 6.45) is 6.90. The Morgan fingerprint density at radius 1 is 1.22 bits per heavy atom. The number of carbonyl (C=O) groups excluding carboxylic acids is 2. The molecule has 2 aliphatic heterocycles. The summed E-state index contributed by atoms with van der Waals surface area (Å²) in [4.78, 5) is 37.3. The molecule has 0 saturated carbocycles. The number of nitrogens with zero attached hydrogens (tertiary/aromatic N) is 4. The van der Waals surface area contributed by atoms with E-state index >= 15 is 0 Å². The molecule has 0 bridgehead atoms. The van der Waals surface area contributed by atoms with E-state index in [2.05, 4.69) is 16.9 Å². The van der Waals surface area contributed by atoms with Gasteiger partial charge in [-0.15, -0.1) is 0 Å². The first kappa shape index (κ1) is 15.9. The highest BCUT2D eigenvalue weighted by molar-refractivity contribution is 5.92. The van der Waals surface area contributed by atoms with Crippen LogP contribution in [0.25, 0.3) is 0 Å². The van der Waals surface area contributed by atoms with Gasteiger partial charge in [0.25, 0.3) is 5.91 Å². The molecule has 0 aliphatic carbocycles. The molecule has 6 heteroatoms. The van der Waals surface area contributed by atoms with Gasteiger partial charge in [-0.2, -0.15) is 0 Å². The Labute approximate surface area is 136 Å². The molecule has 6 nitrogen and oxygen atoms in total. The summed E-state index contributed by atoms with van der Waals surface area (Å²) in [5.74, 6) is 0.0282. The maximum atomic E-state index is 13.0. The lowest BCUT2D eigenvalue weighted by Crippen LogP contribution is -2.68. The summed E-state index contributed by atoms with van der Waals surface area (Å²) >= 11 is 0. The average molecular weight is 316 g/mol. The second-order valence-electron chi connectivity index (χ2n) is 6.83. The van der Waals surface area contributed by atoms with Crippen molar-refractivity contribution < 1.29 is 9.59 Å². The number of likely N-dealkylation sites (tertiary alicyclic amines) is 2. The Balaban J connectivity index is 1.91. The molecule has 23 heavy (non-hydrogen) atoms. The van der Waals surface area contributed by atoms with Crippen LogP contribution in [0.15, 0.2) is 12.4 Å². The lowest BCUT2D eigenvalue weighted by molar-refractivity contribution is -0.140. The number of aryl methyl sites for hydroxylation is 1. The summed E-state index contributed by atoms with van der Waals surface area (Å²) in [5.41, 5.74) is 0.869. The van der Waals surface area contributed by atoms with Crippen LogP contribution in [-0.2, 0) is 4.79 Å². The van der Waals surface area contributed by atoms with Gasteiger partial charge >= 0.3 is 0 Å². The maximum Gasteiger partial charge on any atom is 0.274 e. The van der Waals surface area contributed by atoms with Crippen LogP contribution in [0.3, 0.4) is 0 Å². The molecular formula is C17H24N4O2. The Morgan fingerprint density at radius 2 is 2.00 bits per heavy atom. The topological polar surface area (TPSA) is 66.4 Å². The molecule has 0 N–H and O–H groups in total. The zero-order chi connectivity index (χ0) is 16.6. The van der Waals surface area contributed by atoms with E-state index in [1.54, 1.807) is 19.3 Å². The van der Waals surface area contributed by atoms with Crippen LogP contribution in [0.4, 0.5) is 0 Å². The highest BCUT2D eigenvalue weighted by atomic mass is 16.2. The highest BCUT2D eigenvalue weighted by Gasteiger charge is 2.49. The van der Waals surface area contributed by atoms with Crippen molar-refractivity contribution in [2.75, 3.05) is 13.1 Å². The van der Waals surface area contributed by atoms with Crippen LogP contribution in [0.1, 0.15) is 55.7 Å². The third-order valence-electron chi connectivity index (χ3n) is 5.30. The van der Waals surface area contributed by atoms with E-state index < -0.39 is 0 Å². The second-order valence-corrected chi connectivity index (χ2v) is 6.83. The summed E-state index contributed by atoms with van der Waals surface area (Å²) in [6, 6.07) is 0.102.